The fraction of sp³-hybridized carbons (Fsp3) is 0.500. The fourth-order valence-corrected chi connectivity index (χ4v) is 2.57. The molecule has 102 valence electrons. The van der Waals surface area contributed by atoms with Crippen LogP contribution in [0.4, 0.5) is 0 Å². The molecule has 2 atom stereocenters. The molecule has 0 saturated carbocycles. The zero-order valence-corrected chi connectivity index (χ0v) is 10.6. The van der Waals surface area contributed by atoms with Gasteiger partial charge >= 0.3 is 5.97 Å². The molecule has 0 aromatic heterocycles. The molecule has 0 spiro atoms. The summed E-state index contributed by atoms with van der Waals surface area (Å²) in [6.07, 6.45) is 1.58. The molecule has 2 unspecified atom stereocenters. The molecule has 5 nitrogen and oxygen atoms in total. The van der Waals surface area contributed by atoms with Crippen molar-refractivity contribution in [3.8, 4) is 11.5 Å². The number of benzene rings is 1. The number of carboxylic acids is 1. The summed E-state index contributed by atoms with van der Waals surface area (Å²) < 4.78 is 11.2. The average Bonchev–Trinajstić information content (AvgIpc) is 3.04. The van der Waals surface area contributed by atoms with Gasteiger partial charge in [0.15, 0.2) is 0 Å². The number of fused-ring (bicyclic) bond motifs is 1. The first kappa shape index (κ1) is 12.3. The summed E-state index contributed by atoms with van der Waals surface area (Å²) in [5.74, 6) is 1.16. The van der Waals surface area contributed by atoms with Crippen molar-refractivity contribution in [2.24, 2.45) is 5.92 Å². The summed E-state index contributed by atoms with van der Waals surface area (Å²) in [6, 6.07) is 5.46. The number of hydrogen-bond acceptors (Lipinski definition) is 4. The second-order valence-electron chi connectivity index (χ2n) is 5.08. The van der Waals surface area contributed by atoms with E-state index in [1.807, 2.05) is 18.2 Å². The van der Waals surface area contributed by atoms with Gasteiger partial charge in [-0.2, -0.15) is 0 Å². The van der Waals surface area contributed by atoms with E-state index in [1.54, 1.807) is 0 Å². The predicted molar refractivity (Wildman–Crippen MR) is 68.7 cm³/mol. The Kier molecular flexibility index (Phi) is 3.29. The lowest BCUT2D eigenvalue weighted by molar-refractivity contribution is -0.139. The van der Waals surface area contributed by atoms with Crippen LogP contribution >= 0.6 is 0 Å². The van der Waals surface area contributed by atoms with Crippen molar-refractivity contribution >= 4 is 5.97 Å². The van der Waals surface area contributed by atoms with Gasteiger partial charge in [-0.05, 0) is 18.1 Å². The maximum absolute atomic E-state index is 10.8. The van der Waals surface area contributed by atoms with E-state index in [0.717, 1.165) is 24.5 Å². The molecule has 2 N–H and O–H groups in total. The van der Waals surface area contributed by atoms with E-state index < -0.39 is 12.0 Å². The minimum absolute atomic E-state index is 0.246. The predicted octanol–water partition coefficient (Wildman–Crippen LogP) is 1.06. The zero-order chi connectivity index (χ0) is 13.2. The van der Waals surface area contributed by atoms with E-state index in [9.17, 15) is 4.79 Å². The van der Waals surface area contributed by atoms with E-state index in [4.69, 9.17) is 14.6 Å². The van der Waals surface area contributed by atoms with Gasteiger partial charge in [0.1, 0.15) is 17.5 Å². The summed E-state index contributed by atoms with van der Waals surface area (Å²) in [7, 11) is 0. The van der Waals surface area contributed by atoms with Crippen LogP contribution in [0.3, 0.4) is 0 Å². The Balaban J connectivity index is 1.54. The van der Waals surface area contributed by atoms with Crippen LogP contribution in [0.2, 0.25) is 0 Å². The van der Waals surface area contributed by atoms with Crippen LogP contribution in [-0.2, 0) is 11.2 Å². The molecule has 1 aromatic rings. The van der Waals surface area contributed by atoms with Crippen LogP contribution in [-0.4, -0.2) is 36.9 Å². The van der Waals surface area contributed by atoms with E-state index in [0.29, 0.717) is 19.6 Å². The first-order chi connectivity index (χ1) is 9.22. The second kappa shape index (κ2) is 5.09. The van der Waals surface area contributed by atoms with Gasteiger partial charge in [-0.15, -0.1) is 0 Å². The number of aliphatic carboxylic acids is 1. The van der Waals surface area contributed by atoms with Crippen LogP contribution in [0, 0.1) is 5.92 Å². The normalized spacial score (nSPS) is 24.8. The lowest BCUT2D eigenvalue weighted by atomic mass is 10.1. The van der Waals surface area contributed by atoms with Gasteiger partial charge in [0.05, 0.1) is 13.2 Å². The van der Waals surface area contributed by atoms with Crippen LogP contribution in [0.15, 0.2) is 18.2 Å². The number of hydrogen-bond donors (Lipinski definition) is 2. The Hall–Kier alpha value is -1.75. The largest absolute Gasteiger partial charge is 0.493 e. The number of carboxylic acid groups (broad SMARTS) is 1. The highest BCUT2D eigenvalue weighted by atomic mass is 16.5. The Morgan fingerprint density at radius 1 is 1.53 bits per heavy atom. The molecular weight excluding hydrogens is 246 g/mol. The monoisotopic (exact) mass is 263 g/mol. The van der Waals surface area contributed by atoms with Gasteiger partial charge in [-0.1, -0.05) is 6.07 Å². The minimum atomic E-state index is -0.784. The van der Waals surface area contributed by atoms with E-state index in [-0.39, 0.29) is 5.92 Å². The first-order valence-electron chi connectivity index (χ1n) is 6.57. The van der Waals surface area contributed by atoms with Gasteiger partial charge in [0.2, 0.25) is 0 Å². The summed E-state index contributed by atoms with van der Waals surface area (Å²) >= 11 is 0. The van der Waals surface area contributed by atoms with Gasteiger partial charge < -0.3 is 19.9 Å². The van der Waals surface area contributed by atoms with Gasteiger partial charge in [0.25, 0.3) is 0 Å². The van der Waals surface area contributed by atoms with E-state index in [2.05, 4.69) is 5.32 Å². The highest BCUT2D eigenvalue weighted by Crippen LogP contribution is 2.29. The lowest BCUT2D eigenvalue weighted by Crippen LogP contribution is -2.29. The Labute approximate surface area is 111 Å². The number of ether oxygens (including phenoxy) is 2. The molecule has 3 rings (SSSR count). The topological polar surface area (TPSA) is 67.8 Å². The Morgan fingerprint density at radius 2 is 2.42 bits per heavy atom. The van der Waals surface area contributed by atoms with Crippen molar-refractivity contribution < 1.29 is 19.4 Å². The van der Waals surface area contributed by atoms with Gasteiger partial charge in [0, 0.05) is 24.9 Å². The summed E-state index contributed by atoms with van der Waals surface area (Å²) in [6.45, 7) is 1.97. The third kappa shape index (κ3) is 2.66. The molecule has 0 amide bonds. The zero-order valence-electron chi connectivity index (χ0n) is 10.6. The smallest absolute Gasteiger partial charge is 0.320 e. The second-order valence-corrected chi connectivity index (χ2v) is 5.08. The maximum atomic E-state index is 10.8. The third-order valence-electron chi connectivity index (χ3n) is 3.67. The molecule has 1 fully saturated rings. The van der Waals surface area contributed by atoms with Crippen molar-refractivity contribution in [2.45, 2.75) is 18.9 Å². The first-order valence-corrected chi connectivity index (χ1v) is 6.57. The molecule has 2 aliphatic heterocycles. The number of carbonyl (C=O) groups is 1. The molecule has 5 heteroatoms. The van der Waals surface area contributed by atoms with Crippen molar-refractivity contribution in [1.82, 2.24) is 5.32 Å². The SMILES string of the molecule is O=C(O)C1CC(COc2ccc3c(c2)OCC3)CN1. The van der Waals surface area contributed by atoms with Crippen molar-refractivity contribution in [3.63, 3.8) is 0 Å². The molecule has 2 heterocycles. The number of rotatable bonds is 4. The minimum Gasteiger partial charge on any atom is -0.493 e. The molecular formula is C14H17NO4. The van der Waals surface area contributed by atoms with Crippen molar-refractivity contribution in [3.05, 3.63) is 23.8 Å². The Bertz CT molecular complexity index is 488. The summed E-state index contributed by atoms with van der Waals surface area (Å²) in [5, 5.41) is 11.9. The molecule has 1 aromatic carbocycles. The molecule has 0 radical (unpaired) electrons. The van der Waals surface area contributed by atoms with E-state index in [1.165, 1.54) is 5.56 Å². The van der Waals surface area contributed by atoms with Crippen LogP contribution in [0.5, 0.6) is 11.5 Å². The van der Waals surface area contributed by atoms with Gasteiger partial charge in [-0.3, -0.25) is 4.79 Å². The van der Waals surface area contributed by atoms with Crippen molar-refractivity contribution in [2.75, 3.05) is 19.8 Å². The number of nitrogens with one attached hydrogen (secondary N) is 1. The van der Waals surface area contributed by atoms with Crippen molar-refractivity contribution in [1.29, 1.82) is 0 Å². The highest BCUT2D eigenvalue weighted by Gasteiger charge is 2.29. The van der Waals surface area contributed by atoms with Crippen LogP contribution in [0.1, 0.15) is 12.0 Å². The Morgan fingerprint density at radius 3 is 3.21 bits per heavy atom. The molecule has 19 heavy (non-hydrogen) atoms. The standard InChI is InChI=1S/C14H17NO4/c16-14(17)12-5-9(7-15-12)8-19-11-2-1-10-3-4-18-13(10)6-11/h1-2,6,9,12,15H,3-5,7-8H2,(H,16,17). The summed E-state index contributed by atoms with van der Waals surface area (Å²) in [4.78, 5) is 10.8. The van der Waals surface area contributed by atoms with Gasteiger partial charge in [-0.25, -0.2) is 0 Å². The quantitative estimate of drug-likeness (QED) is 0.850. The molecule has 0 aliphatic carbocycles. The molecule has 2 aliphatic rings. The lowest BCUT2D eigenvalue weighted by Gasteiger charge is -2.11. The summed E-state index contributed by atoms with van der Waals surface area (Å²) in [5.41, 5.74) is 1.22. The third-order valence-corrected chi connectivity index (χ3v) is 3.67. The highest BCUT2D eigenvalue weighted by molar-refractivity contribution is 5.73. The van der Waals surface area contributed by atoms with E-state index >= 15 is 0 Å². The van der Waals surface area contributed by atoms with Crippen LogP contribution in [0.25, 0.3) is 0 Å². The average molecular weight is 263 g/mol. The molecule has 1 saturated heterocycles. The maximum Gasteiger partial charge on any atom is 0.320 e. The fourth-order valence-electron chi connectivity index (χ4n) is 2.57. The molecule has 0 bridgehead atoms. The van der Waals surface area contributed by atoms with Crippen LogP contribution < -0.4 is 14.8 Å².